The van der Waals surface area contributed by atoms with Crippen molar-refractivity contribution in [1.29, 1.82) is 0 Å². The number of halogens is 4. The first-order chi connectivity index (χ1) is 12.7. The highest BCUT2D eigenvalue weighted by molar-refractivity contribution is 6.30. The van der Waals surface area contributed by atoms with Crippen molar-refractivity contribution in [2.45, 2.75) is 19.3 Å². The largest absolute Gasteiger partial charge is 0.573 e. The molecule has 0 aromatic heterocycles. The summed E-state index contributed by atoms with van der Waals surface area (Å²) in [6.07, 6.45) is -4.73. The van der Waals surface area contributed by atoms with Crippen molar-refractivity contribution < 1.29 is 23.0 Å². The van der Waals surface area contributed by atoms with Crippen LogP contribution < -0.4 is 10.1 Å². The van der Waals surface area contributed by atoms with Gasteiger partial charge in [-0.2, -0.15) is 0 Å². The molecular weight excluding hydrogens is 381 g/mol. The summed E-state index contributed by atoms with van der Waals surface area (Å²) < 4.78 is 41.2. The maximum absolute atomic E-state index is 12.4. The van der Waals surface area contributed by atoms with Crippen LogP contribution in [0, 0.1) is 6.92 Å². The zero-order chi connectivity index (χ0) is 19.6. The van der Waals surface area contributed by atoms with Gasteiger partial charge < -0.3 is 15.2 Å². The fraction of sp³-hybridized carbons (Fsp3) is 0.368. The van der Waals surface area contributed by atoms with Gasteiger partial charge in [0.1, 0.15) is 11.5 Å². The number of aryl methyl sites for hydroxylation is 1. The highest BCUT2D eigenvalue weighted by Crippen LogP contribution is 2.38. The number of alkyl halides is 3. The molecule has 8 heteroatoms. The third-order valence-corrected chi connectivity index (χ3v) is 4.75. The Labute approximate surface area is 160 Å². The number of nitrogens with one attached hydrogen (secondary N) is 1. The van der Waals surface area contributed by atoms with Gasteiger partial charge in [-0.15, -0.1) is 13.2 Å². The van der Waals surface area contributed by atoms with E-state index >= 15 is 0 Å². The first-order valence-corrected chi connectivity index (χ1v) is 8.92. The molecule has 1 atom stereocenters. The predicted octanol–water partition coefficient (Wildman–Crippen LogP) is 4.25. The zero-order valence-electron chi connectivity index (χ0n) is 14.7. The number of benzene rings is 2. The number of piperazine rings is 1. The predicted molar refractivity (Wildman–Crippen MR) is 97.3 cm³/mol. The van der Waals surface area contributed by atoms with E-state index in [2.05, 4.69) is 15.0 Å². The second-order valence-electron chi connectivity index (χ2n) is 6.47. The van der Waals surface area contributed by atoms with Crippen molar-refractivity contribution >= 4 is 11.6 Å². The third-order valence-electron chi connectivity index (χ3n) is 4.54. The standard InChI is InChI=1S/C19H20ClF3N2O2/c1-12-10-14(20)11-16(18(12)26)17(25-8-6-24-7-9-25)13-2-4-15(5-3-13)27-19(21,22)23/h2-5,10-11,17,24,26H,6-9H2,1H3/t17-/m0/s1. The van der Waals surface area contributed by atoms with E-state index in [0.29, 0.717) is 16.1 Å². The van der Waals surface area contributed by atoms with E-state index in [-0.39, 0.29) is 17.5 Å². The van der Waals surface area contributed by atoms with E-state index in [1.807, 2.05) is 0 Å². The van der Waals surface area contributed by atoms with Gasteiger partial charge in [0, 0.05) is 36.8 Å². The van der Waals surface area contributed by atoms with Crippen LogP contribution in [0.1, 0.15) is 22.7 Å². The number of ether oxygens (including phenoxy) is 1. The van der Waals surface area contributed by atoms with Gasteiger partial charge in [-0.25, -0.2) is 0 Å². The normalized spacial score (nSPS) is 16.9. The van der Waals surface area contributed by atoms with E-state index < -0.39 is 6.36 Å². The van der Waals surface area contributed by atoms with E-state index in [0.717, 1.165) is 31.7 Å². The lowest BCUT2D eigenvalue weighted by Crippen LogP contribution is -2.45. The number of phenolic OH excluding ortho intramolecular Hbond substituents is 1. The van der Waals surface area contributed by atoms with Crippen LogP contribution in [0.4, 0.5) is 13.2 Å². The Hall–Kier alpha value is -1.96. The van der Waals surface area contributed by atoms with E-state index in [1.165, 1.54) is 12.1 Å². The number of aromatic hydroxyl groups is 1. The van der Waals surface area contributed by atoms with Gasteiger partial charge >= 0.3 is 6.36 Å². The molecule has 0 unspecified atom stereocenters. The Balaban J connectivity index is 2.00. The Kier molecular flexibility index (Phi) is 5.83. The van der Waals surface area contributed by atoms with Gasteiger partial charge in [-0.1, -0.05) is 23.7 Å². The molecule has 2 aromatic carbocycles. The maximum Gasteiger partial charge on any atom is 0.573 e. The number of rotatable bonds is 4. The average Bonchev–Trinajstić information content (AvgIpc) is 2.60. The van der Waals surface area contributed by atoms with Crippen molar-refractivity contribution in [1.82, 2.24) is 10.2 Å². The van der Waals surface area contributed by atoms with Crippen LogP contribution in [0.25, 0.3) is 0 Å². The third kappa shape index (κ3) is 4.86. The van der Waals surface area contributed by atoms with Gasteiger partial charge in [0.15, 0.2) is 0 Å². The lowest BCUT2D eigenvalue weighted by Gasteiger charge is -2.36. The van der Waals surface area contributed by atoms with Crippen LogP contribution in [0.2, 0.25) is 5.02 Å². The van der Waals surface area contributed by atoms with E-state index in [9.17, 15) is 18.3 Å². The molecule has 27 heavy (non-hydrogen) atoms. The fourth-order valence-corrected chi connectivity index (χ4v) is 3.63. The van der Waals surface area contributed by atoms with Crippen molar-refractivity contribution in [3.8, 4) is 11.5 Å². The van der Waals surface area contributed by atoms with Gasteiger partial charge in [0.2, 0.25) is 0 Å². The molecule has 0 amide bonds. The lowest BCUT2D eigenvalue weighted by atomic mass is 9.94. The molecule has 1 heterocycles. The summed E-state index contributed by atoms with van der Waals surface area (Å²) in [6, 6.07) is 8.79. The molecule has 1 fully saturated rings. The van der Waals surface area contributed by atoms with Crippen LogP contribution in [0.5, 0.6) is 11.5 Å². The molecule has 3 rings (SSSR count). The lowest BCUT2D eigenvalue weighted by molar-refractivity contribution is -0.274. The molecule has 0 radical (unpaired) electrons. The smallest absolute Gasteiger partial charge is 0.507 e. The van der Waals surface area contributed by atoms with Crippen molar-refractivity contribution in [3.63, 3.8) is 0 Å². The van der Waals surface area contributed by atoms with E-state index in [1.54, 1.807) is 31.2 Å². The number of phenols is 1. The first-order valence-electron chi connectivity index (χ1n) is 8.54. The molecule has 1 aliphatic heterocycles. The second-order valence-corrected chi connectivity index (χ2v) is 6.90. The Morgan fingerprint density at radius 1 is 1.15 bits per heavy atom. The molecule has 0 aliphatic carbocycles. The minimum atomic E-state index is -4.73. The monoisotopic (exact) mass is 400 g/mol. The van der Waals surface area contributed by atoms with Crippen molar-refractivity contribution in [2.24, 2.45) is 0 Å². The summed E-state index contributed by atoms with van der Waals surface area (Å²) in [4.78, 5) is 2.17. The quantitative estimate of drug-likeness (QED) is 0.805. The summed E-state index contributed by atoms with van der Waals surface area (Å²) in [5.74, 6) is -0.143. The summed E-state index contributed by atoms with van der Waals surface area (Å²) >= 11 is 6.20. The highest BCUT2D eigenvalue weighted by atomic mass is 35.5. The van der Waals surface area contributed by atoms with Gasteiger partial charge in [-0.05, 0) is 42.3 Å². The Morgan fingerprint density at radius 3 is 2.37 bits per heavy atom. The second kappa shape index (κ2) is 7.96. The summed E-state index contributed by atoms with van der Waals surface area (Å²) in [5.41, 5.74) is 2.03. The van der Waals surface area contributed by atoms with Crippen LogP contribution in [0.3, 0.4) is 0 Å². The van der Waals surface area contributed by atoms with E-state index in [4.69, 9.17) is 11.6 Å². The topological polar surface area (TPSA) is 44.7 Å². The van der Waals surface area contributed by atoms with Crippen LogP contribution in [-0.4, -0.2) is 42.5 Å². The van der Waals surface area contributed by atoms with Crippen LogP contribution >= 0.6 is 11.6 Å². The number of nitrogens with zero attached hydrogens (tertiary/aromatic N) is 1. The van der Waals surface area contributed by atoms with Gasteiger partial charge in [0.25, 0.3) is 0 Å². The molecule has 1 aliphatic rings. The summed E-state index contributed by atoms with van der Waals surface area (Å²) in [5, 5.41) is 14.4. The number of hydrogen-bond acceptors (Lipinski definition) is 4. The molecule has 0 bridgehead atoms. The average molecular weight is 401 g/mol. The molecule has 2 aromatic rings. The Bertz CT molecular complexity index is 791. The molecule has 0 saturated carbocycles. The number of hydrogen-bond donors (Lipinski definition) is 2. The molecule has 4 nitrogen and oxygen atoms in total. The van der Waals surface area contributed by atoms with Crippen molar-refractivity contribution in [2.75, 3.05) is 26.2 Å². The van der Waals surface area contributed by atoms with Gasteiger partial charge in [0.05, 0.1) is 6.04 Å². The maximum atomic E-state index is 12.4. The molecule has 2 N–H and O–H groups in total. The zero-order valence-corrected chi connectivity index (χ0v) is 15.4. The van der Waals surface area contributed by atoms with Crippen LogP contribution in [-0.2, 0) is 0 Å². The fourth-order valence-electron chi connectivity index (χ4n) is 3.35. The van der Waals surface area contributed by atoms with Crippen LogP contribution in [0.15, 0.2) is 36.4 Å². The highest BCUT2D eigenvalue weighted by Gasteiger charge is 2.32. The van der Waals surface area contributed by atoms with Gasteiger partial charge in [-0.3, -0.25) is 4.90 Å². The molecule has 146 valence electrons. The SMILES string of the molecule is Cc1cc(Cl)cc([C@H](c2ccc(OC(F)(F)F)cc2)N2CCNCC2)c1O. The first kappa shape index (κ1) is 19.8. The Morgan fingerprint density at radius 2 is 1.78 bits per heavy atom. The summed E-state index contributed by atoms with van der Waals surface area (Å²) in [6.45, 7) is 4.80. The van der Waals surface area contributed by atoms with Crippen molar-refractivity contribution in [3.05, 3.63) is 58.1 Å². The molecule has 1 saturated heterocycles. The molecule has 0 spiro atoms. The minimum Gasteiger partial charge on any atom is -0.507 e. The molecular formula is C19H20ClF3N2O2. The minimum absolute atomic E-state index is 0.138. The summed E-state index contributed by atoms with van der Waals surface area (Å²) in [7, 11) is 0.